The lowest BCUT2D eigenvalue weighted by molar-refractivity contribution is -0.120. The summed E-state index contributed by atoms with van der Waals surface area (Å²) >= 11 is 0. The third-order valence-electron chi connectivity index (χ3n) is 3.54. The number of nitrogens with one attached hydrogen (secondary N) is 2. The number of hydrogen-bond donors (Lipinski definition) is 3. The molecule has 0 bridgehead atoms. The van der Waals surface area contributed by atoms with Crippen molar-refractivity contribution in [3.8, 4) is 5.75 Å². The van der Waals surface area contributed by atoms with Crippen LogP contribution in [0.4, 0.5) is 19.3 Å². The van der Waals surface area contributed by atoms with Crippen LogP contribution >= 0.6 is 0 Å². The van der Waals surface area contributed by atoms with E-state index in [2.05, 4.69) is 10.1 Å². The maximum atomic E-state index is 12.6. The van der Waals surface area contributed by atoms with Gasteiger partial charge in [-0.3, -0.25) is 10.1 Å². The Morgan fingerprint density at radius 1 is 1.15 bits per heavy atom. The molecule has 4 N–H and O–H groups in total. The van der Waals surface area contributed by atoms with E-state index in [1.807, 2.05) is 35.6 Å². The normalized spacial score (nSPS) is 11.7. The number of primary amides is 1. The molecule has 3 amide bonds. The SMILES string of the molecule is C[C@@H](Nc1ccc(OC(F)F)c(Cc2ccccc2)c1)C(=O)NC(N)=O. The van der Waals surface area contributed by atoms with Gasteiger partial charge in [0.15, 0.2) is 0 Å². The van der Waals surface area contributed by atoms with Crippen molar-refractivity contribution in [1.29, 1.82) is 0 Å². The van der Waals surface area contributed by atoms with Crippen LogP contribution in [0.15, 0.2) is 48.5 Å². The van der Waals surface area contributed by atoms with Gasteiger partial charge in [0, 0.05) is 17.7 Å². The molecule has 0 unspecified atom stereocenters. The molecule has 0 saturated heterocycles. The number of carbonyl (C=O) groups excluding carboxylic acids is 2. The minimum Gasteiger partial charge on any atom is -0.435 e. The van der Waals surface area contributed by atoms with Crippen molar-refractivity contribution >= 4 is 17.6 Å². The standard InChI is InChI=1S/C18H19F2N3O3/c1-11(16(24)23-18(21)25)22-14-7-8-15(26-17(19)20)13(10-14)9-12-5-3-2-4-6-12/h2-8,10-11,17,22H,9H2,1H3,(H3,21,23,24,25)/t11-/m1/s1. The third-order valence-corrected chi connectivity index (χ3v) is 3.54. The molecule has 26 heavy (non-hydrogen) atoms. The van der Waals surface area contributed by atoms with Crippen LogP contribution in [0.25, 0.3) is 0 Å². The molecule has 0 spiro atoms. The lowest BCUT2D eigenvalue weighted by atomic mass is 10.0. The van der Waals surface area contributed by atoms with E-state index in [0.717, 1.165) is 5.56 Å². The molecule has 2 rings (SSSR count). The molecular weight excluding hydrogens is 344 g/mol. The summed E-state index contributed by atoms with van der Waals surface area (Å²) in [6.45, 7) is -1.40. The van der Waals surface area contributed by atoms with Gasteiger partial charge in [-0.1, -0.05) is 30.3 Å². The molecule has 1 atom stereocenters. The first-order valence-corrected chi connectivity index (χ1v) is 7.83. The molecule has 2 aromatic rings. The van der Waals surface area contributed by atoms with Crippen molar-refractivity contribution in [1.82, 2.24) is 5.32 Å². The first-order chi connectivity index (χ1) is 12.3. The summed E-state index contributed by atoms with van der Waals surface area (Å²) < 4.78 is 29.9. The topological polar surface area (TPSA) is 93.4 Å². The molecule has 0 saturated carbocycles. The Morgan fingerprint density at radius 3 is 2.46 bits per heavy atom. The van der Waals surface area contributed by atoms with Gasteiger partial charge in [-0.2, -0.15) is 8.78 Å². The highest BCUT2D eigenvalue weighted by Crippen LogP contribution is 2.27. The second kappa shape index (κ2) is 8.80. The Kier molecular flexibility index (Phi) is 6.48. The van der Waals surface area contributed by atoms with Gasteiger partial charge in [-0.25, -0.2) is 4.79 Å². The Labute approximate surface area is 149 Å². The lowest BCUT2D eigenvalue weighted by Gasteiger charge is -2.17. The fourth-order valence-corrected chi connectivity index (χ4v) is 2.38. The zero-order valence-corrected chi connectivity index (χ0v) is 14.0. The Hall–Kier alpha value is -3.16. The Balaban J connectivity index is 2.21. The van der Waals surface area contributed by atoms with E-state index in [9.17, 15) is 18.4 Å². The number of benzene rings is 2. The van der Waals surface area contributed by atoms with E-state index in [-0.39, 0.29) is 5.75 Å². The number of amides is 3. The highest BCUT2D eigenvalue weighted by atomic mass is 19.3. The monoisotopic (exact) mass is 363 g/mol. The highest BCUT2D eigenvalue weighted by Gasteiger charge is 2.16. The van der Waals surface area contributed by atoms with Gasteiger partial charge < -0.3 is 15.8 Å². The van der Waals surface area contributed by atoms with Crippen molar-refractivity contribution in [3.05, 3.63) is 59.7 Å². The van der Waals surface area contributed by atoms with Crippen LogP contribution in [0, 0.1) is 0 Å². The molecular formula is C18H19F2N3O3. The Morgan fingerprint density at radius 2 is 1.85 bits per heavy atom. The quantitative estimate of drug-likeness (QED) is 0.705. The van der Waals surface area contributed by atoms with E-state index in [1.54, 1.807) is 13.0 Å². The van der Waals surface area contributed by atoms with Gasteiger partial charge in [-0.05, 0) is 30.7 Å². The molecule has 0 aliphatic rings. The van der Waals surface area contributed by atoms with Gasteiger partial charge in [0.2, 0.25) is 5.91 Å². The second-order valence-corrected chi connectivity index (χ2v) is 5.58. The number of rotatable bonds is 7. The van der Waals surface area contributed by atoms with Crippen LogP contribution in [0.2, 0.25) is 0 Å². The number of nitrogens with two attached hydrogens (primary N) is 1. The van der Waals surface area contributed by atoms with Crippen molar-refractivity contribution < 1.29 is 23.1 Å². The van der Waals surface area contributed by atoms with Crippen LogP contribution in [0.5, 0.6) is 5.75 Å². The van der Waals surface area contributed by atoms with Gasteiger partial charge in [0.05, 0.1) is 0 Å². The number of imide groups is 1. The van der Waals surface area contributed by atoms with Crippen molar-refractivity contribution in [2.45, 2.75) is 26.0 Å². The van der Waals surface area contributed by atoms with E-state index in [0.29, 0.717) is 17.7 Å². The zero-order chi connectivity index (χ0) is 19.1. The summed E-state index contributed by atoms with van der Waals surface area (Å²) in [5.41, 5.74) is 6.88. The molecule has 0 aromatic heterocycles. The van der Waals surface area contributed by atoms with Gasteiger partial charge >= 0.3 is 12.6 Å². The minimum atomic E-state index is -2.94. The molecule has 0 radical (unpaired) electrons. The van der Waals surface area contributed by atoms with Crippen LogP contribution in [-0.2, 0) is 11.2 Å². The van der Waals surface area contributed by atoms with Gasteiger partial charge in [0.1, 0.15) is 11.8 Å². The molecule has 0 aliphatic carbocycles. The number of halogens is 2. The summed E-state index contributed by atoms with van der Waals surface area (Å²) in [5, 5.41) is 4.86. The zero-order valence-electron chi connectivity index (χ0n) is 14.0. The molecule has 0 fully saturated rings. The Bertz CT molecular complexity index is 770. The second-order valence-electron chi connectivity index (χ2n) is 5.58. The summed E-state index contributed by atoms with van der Waals surface area (Å²) in [5.74, 6) is -0.543. The highest BCUT2D eigenvalue weighted by molar-refractivity contribution is 5.97. The van der Waals surface area contributed by atoms with E-state index in [1.165, 1.54) is 12.1 Å². The summed E-state index contributed by atoms with van der Waals surface area (Å²) in [7, 11) is 0. The number of anilines is 1. The molecule has 138 valence electrons. The van der Waals surface area contributed by atoms with Crippen LogP contribution in [0.3, 0.4) is 0 Å². The molecule has 6 nitrogen and oxygen atoms in total. The number of urea groups is 1. The third kappa shape index (κ3) is 5.73. The largest absolute Gasteiger partial charge is 0.435 e. The lowest BCUT2D eigenvalue weighted by Crippen LogP contribution is -2.43. The van der Waals surface area contributed by atoms with Crippen LogP contribution < -0.4 is 21.1 Å². The number of ether oxygens (including phenoxy) is 1. The molecule has 2 aromatic carbocycles. The summed E-state index contributed by atoms with van der Waals surface area (Å²) in [6, 6.07) is 12.1. The number of hydrogen-bond acceptors (Lipinski definition) is 4. The average molecular weight is 363 g/mol. The van der Waals surface area contributed by atoms with Crippen molar-refractivity contribution in [2.24, 2.45) is 5.73 Å². The van der Waals surface area contributed by atoms with Gasteiger partial charge in [-0.15, -0.1) is 0 Å². The maximum absolute atomic E-state index is 12.6. The summed E-state index contributed by atoms with van der Waals surface area (Å²) in [4.78, 5) is 22.5. The molecule has 0 aliphatic heterocycles. The predicted octanol–water partition coefficient (Wildman–Crippen LogP) is 2.87. The van der Waals surface area contributed by atoms with E-state index in [4.69, 9.17) is 5.73 Å². The van der Waals surface area contributed by atoms with Gasteiger partial charge in [0.25, 0.3) is 0 Å². The number of alkyl halides is 2. The van der Waals surface area contributed by atoms with E-state index < -0.39 is 24.6 Å². The fraction of sp³-hybridized carbons (Fsp3) is 0.222. The van der Waals surface area contributed by atoms with E-state index >= 15 is 0 Å². The molecule has 8 heteroatoms. The fourth-order valence-electron chi connectivity index (χ4n) is 2.38. The first kappa shape index (κ1) is 19.2. The van der Waals surface area contributed by atoms with Crippen LogP contribution in [0.1, 0.15) is 18.1 Å². The van der Waals surface area contributed by atoms with Crippen molar-refractivity contribution in [2.75, 3.05) is 5.32 Å². The predicted molar refractivity (Wildman–Crippen MR) is 93.1 cm³/mol. The summed E-state index contributed by atoms with van der Waals surface area (Å²) in [6.07, 6.45) is 0.375. The molecule has 0 heterocycles. The number of carbonyl (C=O) groups is 2. The maximum Gasteiger partial charge on any atom is 0.387 e. The average Bonchev–Trinajstić information content (AvgIpc) is 2.57. The van der Waals surface area contributed by atoms with Crippen LogP contribution in [-0.4, -0.2) is 24.6 Å². The first-order valence-electron chi connectivity index (χ1n) is 7.83. The minimum absolute atomic E-state index is 0.0589. The smallest absolute Gasteiger partial charge is 0.387 e. The van der Waals surface area contributed by atoms with Crippen molar-refractivity contribution in [3.63, 3.8) is 0 Å².